The summed E-state index contributed by atoms with van der Waals surface area (Å²) in [5, 5.41) is 3.20. The van der Waals surface area contributed by atoms with Crippen molar-refractivity contribution in [1.82, 2.24) is 16.2 Å². The normalized spacial score (nSPS) is 15.3. The van der Waals surface area contributed by atoms with Gasteiger partial charge in [-0.2, -0.15) is 0 Å². The number of nitrogens with one attached hydrogen (secondary N) is 3. The molecule has 1 aliphatic rings. The molecule has 6 heteroatoms. The van der Waals surface area contributed by atoms with Gasteiger partial charge in [-0.05, 0) is 57.1 Å². The molecule has 0 aliphatic carbocycles. The van der Waals surface area contributed by atoms with E-state index in [9.17, 15) is 9.59 Å². The highest BCUT2D eigenvalue weighted by molar-refractivity contribution is 5.95. The molecule has 0 aromatic heterocycles. The maximum absolute atomic E-state index is 11.9. The van der Waals surface area contributed by atoms with Gasteiger partial charge in [-0.25, -0.2) is 0 Å². The van der Waals surface area contributed by atoms with Crippen molar-refractivity contribution in [2.24, 2.45) is 5.92 Å². The zero-order chi connectivity index (χ0) is 15.1. The van der Waals surface area contributed by atoms with E-state index in [0.29, 0.717) is 17.9 Å². The highest BCUT2D eigenvalue weighted by atomic mass is 16.5. The molecule has 1 fully saturated rings. The summed E-state index contributed by atoms with van der Waals surface area (Å²) < 4.78 is 5.31. The third kappa shape index (κ3) is 4.46. The third-order valence-corrected chi connectivity index (χ3v) is 3.44. The van der Waals surface area contributed by atoms with Crippen molar-refractivity contribution in [2.75, 3.05) is 19.7 Å². The van der Waals surface area contributed by atoms with E-state index in [1.54, 1.807) is 24.3 Å². The van der Waals surface area contributed by atoms with Crippen LogP contribution in [0.1, 0.15) is 30.1 Å². The number of rotatable bonds is 4. The maximum Gasteiger partial charge on any atom is 0.269 e. The molecule has 0 bridgehead atoms. The molecular weight excluding hydrogens is 270 g/mol. The fraction of sp³-hybridized carbons (Fsp3) is 0.467. The van der Waals surface area contributed by atoms with Crippen LogP contribution in [-0.4, -0.2) is 31.5 Å². The average molecular weight is 291 g/mol. The molecular formula is C15H21N3O3. The van der Waals surface area contributed by atoms with Gasteiger partial charge in [0.2, 0.25) is 5.91 Å². The average Bonchev–Trinajstić information content (AvgIpc) is 2.54. The lowest BCUT2D eigenvalue weighted by Gasteiger charge is -2.21. The number of benzene rings is 1. The third-order valence-electron chi connectivity index (χ3n) is 3.44. The van der Waals surface area contributed by atoms with Crippen LogP contribution < -0.4 is 20.9 Å². The first-order valence-corrected chi connectivity index (χ1v) is 7.24. The number of hydrogen-bond donors (Lipinski definition) is 3. The molecule has 1 heterocycles. The van der Waals surface area contributed by atoms with Crippen molar-refractivity contribution in [3.05, 3.63) is 29.8 Å². The minimum atomic E-state index is -0.333. The van der Waals surface area contributed by atoms with Crippen LogP contribution in [0.5, 0.6) is 5.75 Å². The predicted octanol–water partition coefficient (Wildman–Crippen LogP) is 0.846. The van der Waals surface area contributed by atoms with Crippen molar-refractivity contribution in [2.45, 2.75) is 19.8 Å². The van der Waals surface area contributed by atoms with E-state index in [0.717, 1.165) is 25.9 Å². The topological polar surface area (TPSA) is 79.5 Å². The van der Waals surface area contributed by atoms with Gasteiger partial charge in [-0.1, -0.05) is 0 Å². The van der Waals surface area contributed by atoms with Crippen LogP contribution in [0.3, 0.4) is 0 Å². The highest BCUT2D eigenvalue weighted by Crippen LogP contribution is 2.12. The first-order chi connectivity index (χ1) is 10.2. The fourth-order valence-electron chi connectivity index (χ4n) is 2.25. The highest BCUT2D eigenvalue weighted by Gasteiger charge is 2.21. The number of piperidine rings is 1. The van der Waals surface area contributed by atoms with Gasteiger partial charge < -0.3 is 10.1 Å². The minimum Gasteiger partial charge on any atom is -0.494 e. The van der Waals surface area contributed by atoms with Crippen LogP contribution in [-0.2, 0) is 4.79 Å². The van der Waals surface area contributed by atoms with E-state index in [2.05, 4.69) is 16.2 Å². The van der Waals surface area contributed by atoms with Crippen LogP contribution in [0.2, 0.25) is 0 Å². The second kappa shape index (κ2) is 7.64. The van der Waals surface area contributed by atoms with E-state index in [4.69, 9.17) is 4.74 Å². The first kappa shape index (κ1) is 15.3. The Balaban J connectivity index is 1.82. The largest absolute Gasteiger partial charge is 0.494 e. The standard InChI is InChI=1S/C15H21N3O3/c1-2-21-13-5-3-11(4-6-13)14(19)17-18-15(20)12-7-9-16-10-8-12/h3-6,12,16H,2,7-10H2,1H3,(H,17,19)(H,18,20). The SMILES string of the molecule is CCOc1ccc(C(=O)NNC(=O)C2CCNCC2)cc1. The van der Waals surface area contributed by atoms with Gasteiger partial charge in [0.25, 0.3) is 5.91 Å². The predicted molar refractivity (Wildman–Crippen MR) is 78.8 cm³/mol. The van der Waals surface area contributed by atoms with E-state index in [1.165, 1.54) is 0 Å². The Bertz CT molecular complexity index is 481. The Morgan fingerprint density at radius 3 is 2.48 bits per heavy atom. The Morgan fingerprint density at radius 1 is 1.19 bits per heavy atom. The van der Waals surface area contributed by atoms with Gasteiger partial charge in [0.1, 0.15) is 5.75 Å². The molecule has 114 valence electrons. The van der Waals surface area contributed by atoms with Gasteiger partial charge in [-0.15, -0.1) is 0 Å². The Kier molecular flexibility index (Phi) is 5.57. The minimum absolute atomic E-state index is 0.0353. The van der Waals surface area contributed by atoms with Gasteiger partial charge in [-0.3, -0.25) is 20.4 Å². The molecule has 1 aliphatic heterocycles. The van der Waals surface area contributed by atoms with Gasteiger partial charge >= 0.3 is 0 Å². The quantitative estimate of drug-likeness (QED) is 0.718. The second-order valence-corrected chi connectivity index (χ2v) is 4.93. The van der Waals surface area contributed by atoms with Crippen LogP contribution >= 0.6 is 0 Å². The summed E-state index contributed by atoms with van der Waals surface area (Å²) in [6.07, 6.45) is 1.59. The van der Waals surface area contributed by atoms with Crippen LogP contribution in [0.25, 0.3) is 0 Å². The summed E-state index contributed by atoms with van der Waals surface area (Å²) >= 11 is 0. The van der Waals surface area contributed by atoms with Crippen molar-refractivity contribution >= 4 is 11.8 Å². The zero-order valence-corrected chi connectivity index (χ0v) is 12.1. The van der Waals surface area contributed by atoms with Gasteiger partial charge in [0.05, 0.1) is 6.61 Å². The van der Waals surface area contributed by atoms with Crippen molar-refractivity contribution in [1.29, 1.82) is 0 Å². The van der Waals surface area contributed by atoms with E-state index in [-0.39, 0.29) is 17.7 Å². The summed E-state index contributed by atoms with van der Waals surface area (Å²) in [6.45, 7) is 4.16. The van der Waals surface area contributed by atoms with E-state index in [1.807, 2.05) is 6.92 Å². The summed E-state index contributed by atoms with van der Waals surface area (Å²) in [7, 11) is 0. The number of amides is 2. The summed E-state index contributed by atoms with van der Waals surface area (Å²) in [6, 6.07) is 6.79. The molecule has 21 heavy (non-hydrogen) atoms. The zero-order valence-electron chi connectivity index (χ0n) is 12.1. The molecule has 6 nitrogen and oxygen atoms in total. The molecule has 3 N–H and O–H groups in total. The Morgan fingerprint density at radius 2 is 1.86 bits per heavy atom. The van der Waals surface area contributed by atoms with Crippen LogP contribution in [0, 0.1) is 5.92 Å². The van der Waals surface area contributed by atoms with Crippen molar-refractivity contribution in [3.63, 3.8) is 0 Å². The first-order valence-electron chi connectivity index (χ1n) is 7.24. The summed E-state index contributed by atoms with van der Waals surface area (Å²) in [5.74, 6) is 0.218. The number of ether oxygens (including phenoxy) is 1. The molecule has 1 aromatic rings. The molecule has 1 aromatic carbocycles. The molecule has 0 atom stereocenters. The summed E-state index contributed by atoms with van der Waals surface area (Å²) in [4.78, 5) is 23.8. The maximum atomic E-state index is 11.9. The smallest absolute Gasteiger partial charge is 0.269 e. The number of hydrogen-bond acceptors (Lipinski definition) is 4. The van der Waals surface area contributed by atoms with E-state index >= 15 is 0 Å². The molecule has 2 rings (SSSR count). The lowest BCUT2D eigenvalue weighted by Crippen LogP contribution is -2.46. The van der Waals surface area contributed by atoms with E-state index < -0.39 is 0 Å². The fourth-order valence-corrected chi connectivity index (χ4v) is 2.25. The van der Waals surface area contributed by atoms with Crippen molar-refractivity contribution in [3.8, 4) is 5.75 Å². The van der Waals surface area contributed by atoms with Gasteiger partial charge in [0, 0.05) is 11.5 Å². The molecule has 0 saturated carbocycles. The number of hydrazine groups is 1. The molecule has 0 unspecified atom stereocenters. The number of carbonyl (C=O) groups excluding carboxylic acids is 2. The summed E-state index contributed by atoms with van der Waals surface area (Å²) in [5.41, 5.74) is 5.42. The Hall–Kier alpha value is -2.08. The second-order valence-electron chi connectivity index (χ2n) is 4.93. The number of carbonyl (C=O) groups is 2. The van der Waals surface area contributed by atoms with Crippen LogP contribution in [0.4, 0.5) is 0 Å². The van der Waals surface area contributed by atoms with Gasteiger partial charge in [0.15, 0.2) is 0 Å². The Labute approximate surface area is 124 Å². The monoisotopic (exact) mass is 291 g/mol. The van der Waals surface area contributed by atoms with Crippen molar-refractivity contribution < 1.29 is 14.3 Å². The molecule has 0 spiro atoms. The van der Waals surface area contributed by atoms with Crippen LogP contribution in [0.15, 0.2) is 24.3 Å². The lowest BCUT2D eigenvalue weighted by atomic mass is 9.98. The lowest BCUT2D eigenvalue weighted by molar-refractivity contribution is -0.126. The molecule has 1 saturated heterocycles. The molecule has 2 amide bonds. The molecule has 0 radical (unpaired) electrons.